The van der Waals surface area contributed by atoms with Crippen LogP contribution < -0.4 is 9.64 Å². The first-order valence-electron chi connectivity index (χ1n) is 5.77. The Hall–Kier alpha value is -1.28. The minimum Gasteiger partial charge on any atom is -0.496 e. The molecule has 16 heavy (non-hydrogen) atoms. The van der Waals surface area contributed by atoms with Gasteiger partial charge in [-0.05, 0) is 31.6 Å². The maximum Gasteiger partial charge on any atom is 0.127 e. The monoisotopic (exact) mass is 220 g/mol. The molecule has 0 fully saturated rings. The lowest BCUT2D eigenvalue weighted by molar-refractivity contribution is -0.907. The third-order valence-corrected chi connectivity index (χ3v) is 2.68. The summed E-state index contributed by atoms with van der Waals surface area (Å²) >= 11 is 0. The Bertz CT molecular complexity index is 346. The maximum absolute atomic E-state index is 5.36. The number of ether oxygens (including phenoxy) is 1. The molecule has 2 nitrogen and oxygen atoms in total. The Labute approximate surface area is 98.5 Å². The van der Waals surface area contributed by atoms with Crippen LogP contribution in [0.2, 0.25) is 0 Å². The predicted molar refractivity (Wildman–Crippen MR) is 67.9 cm³/mol. The van der Waals surface area contributed by atoms with Crippen LogP contribution in [-0.2, 0) is 6.54 Å². The first-order valence-corrected chi connectivity index (χ1v) is 5.77. The molecule has 0 aliphatic rings. The molecule has 0 spiro atoms. The van der Waals surface area contributed by atoms with Crippen molar-refractivity contribution in [1.29, 1.82) is 0 Å². The molecule has 1 N–H and O–H groups in total. The smallest absolute Gasteiger partial charge is 0.127 e. The minimum atomic E-state index is 0.982. The predicted octanol–water partition coefficient (Wildman–Crippen LogP) is 1.68. The molecule has 0 heterocycles. The molecule has 2 heteroatoms. The molecule has 88 valence electrons. The van der Waals surface area contributed by atoms with Crippen molar-refractivity contribution in [2.24, 2.45) is 0 Å². The number of likely N-dealkylation sites (N-methyl/N-ethyl adjacent to an activating group) is 1. The highest BCUT2D eigenvalue weighted by Crippen LogP contribution is 2.15. The highest BCUT2D eigenvalue weighted by molar-refractivity contribution is 5.32. The zero-order chi connectivity index (χ0) is 12.0. The van der Waals surface area contributed by atoms with Crippen LogP contribution >= 0.6 is 0 Å². The van der Waals surface area contributed by atoms with E-state index in [0.717, 1.165) is 25.4 Å². The van der Waals surface area contributed by atoms with Crippen LogP contribution in [-0.4, -0.2) is 20.2 Å². The molecule has 1 aromatic rings. The van der Waals surface area contributed by atoms with Crippen molar-refractivity contribution in [3.05, 3.63) is 42.0 Å². The molecule has 0 bridgehead atoms. The van der Waals surface area contributed by atoms with Gasteiger partial charge in [0.2, 0.25) is 0 Å². The lowest BCUT2D eigenvalue weighted by atomic mass is 10.2. The summed E-state index contributed by atoms with van der Waals surface area (Å²) in [7, 11) is 1.73. The van der Waals surface area contributed by atoms with Crippen LogP contribution in [0.4, 0.5) is 0 Å². The van der Waals surface area contributed by atoms with E-state index in [1.54, 1.807) is 7.11 Å². The van der Waals surface area contributed by atoms with Crippen molar-refractivity contribution < 1.29 is 9.64 Å². The van der Waals surface area contributed by atoms with Crippen molar-refractivity contribution in [3.63, 3.8) is 0 Å². The minimum absolute atomic E-state index is 0.982. The van der Waals surface area contributed by atoms with Gasteiger partial charge in [0.05, 0.1) is 20.2 Å². The molecular weight excluding hydrogens is 198 g/mol. The normalized spacial score (nSPS) is 12.2. The van der Waals surface area contributed by atoms with Crippen LogP contribution in [0.5, 0.6) is 5.75 Å². The molecular formula is C14H22NO+. The Morgan fingerprint density at radius 2 is 2.06 bits per heavy atom. The Balaban J connectivity index is 2.73. The Kier molecular flexibility index (Phi) is 5.06. The second kappa shape index (κ2) is 6.33. The highest BCUT2D eigenvalue weighted by atomic mass is 16.5. The molecule has 0 saturated carbocycles. The van der Waals surface area contributed by atoms with Crippen LogP contribution in [0.15, 0.2) is 36.4 Å². The average Bonchev–Trinajstić information content (AvgIpc) is 2.28. The zero-order valence-electron chi connectivity index (χ0n) is 10.5. The summed E-state index contributed by atoms with van der Waals surface area (Å²) in [5, 5.41) is 0. The topological polar surface area (TPSA) is 13.7 Å². The lowest BCUT2D eigenvalue weighted by Gasteiger charge is -2.18. The fourth-order valence-corrected chi connectivity index (χ4v) is 1.86. The van der Waals surface area contributed by atoms with Crippen molar-refractivity contribution in [2.45, 2.75) is 20.4 Å². The first kappa shape index (κ1) is 12.8. The molecule has 0 aliphatic carbocycles. The van der Waals surface area contributed by atoms with Gasteiger partial charge in [-0.3, -0.25) is 0 Å². The van der Waals surface area contributed by atoms with Gasteiger partial charge in [0.25, 0.3) is 0 Å². The summed E-state index contributed by atoms with van der Waals surface area (Å²) in [5.74, 6) is 0.982. The number of rotatable bonds is 6. The second-order valence-corrected chi connectivity index (χ2v) is 4.23. The first-order chi connectivity index (χ1) is 7.67. The second-order valence-electron chi connectivity index (χ2n) is 4.23. The van der Waals surface area contributed by atoms with E-state index in [-0.39, 0.29) is 0 Å². The molecule has 0 saturated heterocycles. The van der Waals surface area contributed by atoms with E-state index in [4.69, 9.17) is 4.74 Å². The van der Waals surface area contributed by atoms with Gasteiger partial charge in [0, 0.05) is 5.56 Å². The van der Waals surface area contributed by atoms with Gasteiger partial charge in [-0.25, -0.2) is 0 Å². The molecule has 1 aromatic carbocycles. The number of benzene rings is 1. The van der Waals surface area contributed by atoms with E-state index in [9.17, 15) is 0 Å². The third kappa shape index (κ3) is 3.70. The van der Waals surface area contributed by atoms with Crippen LogP contribution in [0.1, 0.15) is 19.4 Å². The van der Waals surface area contributed by atoms with Gasteiger partial charge >= 0.3 is 0 Å². The molecule has 1 unspecified atom stereocenters. The number of hydrogen-bond donors (Lipinski definition) is 1. The molecule has 0 aromatic heterocycles. The fraction of sp³-hybridized carbons (Fsp3) is 0.429. The maximum atomic E-state index is 5.36. The SMILES string of the molecule is C=C(C)C[NH+](CC)Cc1ccccc1OC. The fourth-order valence-electron chi connectivity index (χ4n) is 1.86. The lowest BCUT2D eigenvalue weighted by Crippen LogP contribution is -3.10. The van der Waals surface area contributed by atoms with E-state index in [0.29, 0.717) is 0 Å². The van der Waals surface area contributed by atoms with Gasteiger partial charge in [0.1, 0.15) is 12.3 Å². The van der Waals surface area contributed by atoms with Crippen molar-refractivity contribution >= 4 is 0 Å². The van der Waals surface area contributed by atoms with Gasteiger partial charge in [-0.15, -0.1) is 0 Å². The molecule has 0 radical (unpaired) electrons. The van der Waals surface area contributed by atoms with Crippen LogP contribution in [0.3, 0.4) is 0 Å². The number of para-hydroxylation sites is 1. The van der Waals surface area contributed by atoms with E-state index < -0.39 is 0 Å². The van der Waals surface area contributed by atoms with Crippen molar-refractivity contribution in [2.75, 3.05) is 20.2 Å². The molecule has 1 atom stereocenters. The van der Waals surface area contributed by atoms with Gasteiger partial charge in [-0.2, -0.15) is 0 Å². The van der Waals surface area contributed by atoms with E-state index >= 15 is 0 Å². The number of hydrogen-bond acceptors (Lipinski definition) is 1. The van der Waals surface area contributed by atoms with Gasteiger partial charge in [-0.1, -0.05) is 18.7 Å². The molecule has 0 amide bonds. The number of nitrogens with one attached hydrogen (secondary N) is 1. The summed E-state index contributed by atoms with van der Waals surface area (Å²) in [5.41, 5.74) is 2.50. The van der Waals surface area contributed by atoms with Crippen LogP contribution in [0, 0.1) is 0 Å². The largest absolute Gasteiger partial charge is 0.496 e. The summed E-state index contributed by atoms with van der Waals surface area (Å²) in [4.78, 5) is 1.51. The van der Waals surface area contributed by atoms with E-state index in [2.05, 4.69) is 32.6 Å². The Morgan fingerprint density at radius 1 is 1.38 bits per heavy atom. The zero-order valence-corrected chi connectivity index (χ0v) is 10.5. The number of quaternary nitrogens is 1. The molecule has 0 aliphatic heterocycles. The average molecular weight is 220 g/mol. The van der Waals surface area contributed by atoms with E-state index in [1.165, 1.54) is 16.0 Å². The van der Waals surface area contributed by atoms with Crippen molar-refractivity contribution in [3.8, 4) is 5.75 Å². The van der Waals surface area contributed by atoms with Gasteiger partial charge in [0.15, 0.2) is 0 Å². The molecule has 1 rings (SSSR count). The summed E-state index contributed by atoms with van der Waals surface area (Å²) in [6.07, 6.45) is 0. The summed E-state index contributed by atoms with van der Waals surface area (Å²) in [6, 6.07) is 8.22. The standard InChI is InChI=1S/C14H21NO/c1-5-15(10-12(2)3)11-13-8-6-7-9-14(13)16-4/h6-9H,2,5,10-11H2,1,3-4H3/p+1. The van der Waals surface area contributed by atoms with Crippen molar-refractivity contribution in [1.82, 2.24) is 0 Å². The van der Waals surface area contributed by atoms with E-state index in [1.807, 2.05) is 12.1 Å². The highest BCUT2D eigenvalue weighted by Gasteiger charge is 2.10. The summed E-state index contributed by atoms with van der Waals surface area (Å²) < 4.78 is 5.36. The quantitative estimate of drug-likeness (QED) is 0.720. The van der Waals surface area contributed by atoms with Gasteiger partial charge < -0.3 is 9.64 Å². The summed E-state index contributed by atoms with van der Waals surface area (Å²) in [6.45, 7) is 11.4. The number of methoxy groups -OCH3 is 1. The Morgan fingerprint density at radius 3 is 2.62 bits per heavy atom. The van der Waals surface area contributed by atoms with Crippen LogP contribution in [0.25, 0.3) is 0 Å². The third-order valence-electron chi connectivity index (χ3n) is 2.68.